The smallest absolute Gasteiger partial charge is 0.238 e. The fourth-order valence-electron chi connectivity index (χ4n) is 3.86. The lowest BCUT2D eigenvalue weighted by Gasteiger charge is -2.24. The number of nitrogens with one attached hydrogen (secondary N) is 1. The molecule has 4 rings (SSSR count). The van der Waals surface area contributed by atoms with Crippen molar-refractivity contribution in [1.82, 2.24) is 19.7 Å². The summed E-state index contributed by atoms with van der Waals surface area (Å²) in [4.78, 5) is 19.0. The molecule has 3 aromatic rings. The molecule has 0 aliphatic carbocycles. The van der Waals surface area contributed by atoms with E-state index in [0.29, 0.717) is 23.9 Å². The van der Waals surface area contributed by atoms with Crippen LogP contribution in [0.3, 0.4) is 0 Å². The summed E-state index contributed by atoms with van der Waals surface area (Å²) >= 11 is 6.15. The van der Waals surface area contributed by atoms with Crippen LogP contribution in [0.1, 0.15) is 31.4 Å². The molecular formula is C22H24ClN5O2. The molecule has 30 heavy (non-hydrogen) atoms. The monoisotopic (exact) mass is 425 g/mol. The summed E-state index contributed by atoms with van der Waals surface area (Å²) in [6.45, 7) is 3.81. The van der Waals surface area contributed by atoms with E-state index < -0.39 is 0 Å². The molecule has 2 aromatic carbocycles. The zero-order chi connectivity index (χ0) is 20.9. The summed E-state index contributed by atoms with van der Waals surface area (Å²) in [6.07, 6.45) is 5.13. The molecule has 1 unspecified atom stereocenters. The molecule has 1 atom stereocenters. The lowest BCUT2D eigenvalue weighted by Crippen LogP contribution is -2.33. The van der Waals surface area contributed by atoms with Crippen molar-refractivity contribution in [2.45, 2.75) is 25.8 Å². The van der Waals surface area contributed by atoms with Gasteiger partial charge in [-0.3, -0.25) is 9.69 Å². The Morgan fingerprint density at radius 1 is 1.27 bits per heavy atom. The van der Waals surface area contributed by atoms with Gasteiger partial charge in [0.25, 0.3) is 0 Å². The number of aromatic nitrogens is 3. The van der Waals surface area contributed by atoms with Gasteiger partial charge in [0.05, 0.1) is 24.5 Å². The fraction of sp³-hybridized carbons (Fsp3) is 0.318. The Labute approximate surface area is 180 Å². The Balaban J connectivity index is 1.46. The molecule has 1 fully saturated rings. The maximum absolute atomic E-state index is 12.9. The van der Waals surface area contributed by atoms with Crippen LogP contribution in [0.5, 0.6) is 5.75 Å². The zero-order valence-corrected chi connectivity index (χ0v) is 17.5. The number of halogens is 1. The van der Waals surface area contributed by atoms with Crippen LogP contribution in [-0.2, 0) is 4.79 Å². The van der Waals surface area contributed by atoms with E-state index in [-0.39, 0.29) is 11.9 Å². The minimum absolute atomic E-state index is 0.0866. The summed E-state index contributed by atoms with van der Waals surface area (Å²) in [6, 6.07) is 13.7. The molecule has 1 aromatic heterocycles. The van der Waals surface area contributed by atoms with Crippen LogP contribution in [0, 0.1) is 0 Å². The van der Waals surface area contributed by atoms with Gasteiger partial charge < -0.3 is 10.1 Å². The first-order chi connectivity index (χ1) is 14.6. The van der Waals surface area contributed by atoms with Crippen molar-refractivity contribution >= 4 is 23.2 Å². The van der Waals surface area contributed by atoms with Crippen molar-refractivity contribution < 1.29 is 9.53 Å². The molecule has 1 aliphatic heterocycles. The predicted octanol–water partition coefficient (Wildman–Crippen LogP) is 4.10. The van der Waals surface area contributed by atoms with Crippen LogP contribution in [0.4, 0.5) is 5.69 Å². The van der Waals surface area contributed by atoms with Gasteiger partial charge in [-0.2, -0.15) is 5.10 Å². The average Bonchev–Trinajstić information content (AvgIpc) is 3.41. The van der Waals surface area contributed by atoms with E-state index in [0.717, 1.165) is 30.8 Å². The third-order valence-electron chi connectivity index (χ3n) is 5.18. The number of hydrogen-bond donors (Lipinski definition) is 1. The molecule has 0 radical (unpaired) electrons. The number of benzene rings is 2. The molecule has 0 bridgehead atoms. The topological polar surface area (TPSA) is 72.3 Å². The lowest BCUT2D eigenvalue weighted by atomic mass is 10.0. The van der Waals surface area contributed by atoms with Gasteiger partial charge in [-0.05, 0) is 62.2 Å². The Kier molecular flexibility index (Phi) is 6.30. The van der Waals surface area contributed by atoms with Gasteiger partial charge in [0, 0.05) is 11.1 Å². The standard InChI is InChI=1S/C22H24ClN5O2/c1-2-30-18-8-5-16(6-9-18)20-4-3-11-27(20)13-22(29)26-19-12-17(23)7-10-21(19)28-15-24-14-25-28/h5-10,12,14-15,20H,2-4,11,13H2,1H3,(H,26,29). The third-order valence-corrected chi connectivity index (χ3v) is 5.42. The van der Waals surface area contributed by atoms with Crippen molar-refractivity contribution in [2.75, 3.05) is 25.0 Å². The molecule has 1 amide bonds. The highest BCUT2D eigenvalue weighted by Crippen LogP contribution is 2.32. The number of anilines is 1. The Morgan fingerprint density at radius 2 is 2.10 bits per heavy atom. The highest BCUT2D eigenvalue weighted by Gasteiger charge is 2.27. The number of ether oxygens (including phenoxy) is 1. The average molecular weight is 426 g/mol. The maximum atomic E-state index is 12.9. The van der Waals surface area contributed by atoms with Crippen molar-refractivity contribution in [2.24, 2.45) is 0 Å². The molecule has 1 saturated heterocycles. The number of nitrogens with zero attached hydrogens (tertiary/aromatic N) is 4. The van der Waals surface area contributed by atoms with Gasteiger partial charge in [-0.25, -0.2) is 9.67 Å². The van der Waals surface area contributed by atoms with E-state index in [2.05, 4.69) is 32.4 Å². The number of amides is 1. The van der Waals surface area contributed by atoms with Crippen LogP contribution in [-0.4, -0.2) is 45.3 Å². The van der Waals surface area contributed by atoms with Crippen LogP contribution < -0.4 is 10.1 Å². The molecule has 1 aliphatic rings. The van der Waals surface area contributed by atoms with Crippen LogP contribution in [0.2, 0.25) is 5.02 Å². The Morgan fingerprint density at radius 3 is 2.83 bits per heavy atom. The number of likely N-dealkylation sites (tertiary alicyclic amines) is 1. The van der Waals surface area contributed by atoms with Crippen LogP contribution >= 0.6 is 11.6 Å². The van der Waals surface area contributed by atoms with E-state index >= 15 is 0 Å². The maximum Gasteiger partial charge on any atom is 0.238 e. The lowest BCUT2D eigenvalue weighted by molar-refractivity contribution is -0.117. The Bertz CT molecular complexity index is 991. The van der Waals surface area contributed by atoms with Gasteiger partial charge in [-0.1, -0.05) is 23.7 Å². The largest absolute Gasteiger partial charge is 0.494 e. The van der Waals surface area contributed by atoms with Crippen molar-refractivity contribution in [3.63, 3.8) is 0 Å². The van der Waals surface area contributed by atoms with Gasteiger partial charge >= 0.3 is 0 Å². The minimum atomic E-state index is -0.0866. The van der Waals surface area contributed by atoms with Crippen LogP contribution in [0.25, 0.3) is 5.69 Å². The molecule has 156 valence electrons. The van der Waals surface area contributed by atoms with Gasteiger partial charge in [0.2, 0.25) is 5.91 Å². The number of rotatable bonds is 7. The Hall–Kier alpha value is -2.90. The molecule has 0 saturated carbocycles. The molecule has 1 N–H and O–H groups in total. The van der Waals surface area contributed by atoms with E-state index in [4.69, 9.17) is 16.3 Å². The highest BCUT2D eigenvalue weighted by molar-refractivity contribution is 6.31. The van der Waals surface area contributed by atoms with Gasteiger partial charge in [0.15, 0.2) is 0 Å². The zero-order valence-electron chi connectivity index (χ0n) is 16.8. The number of carbonyl (C=O) groups is 1. The first-order valence-corrected chi connectivity index (χ1v) is 10.4. The van der Waals surface area contributed by atoms with Gasteiger partial charge in [0.1, 0.15) is 18.4 Å². The first kappa shape index (κ1) is 20.4. The second-order valence-electron chi connectivity index (χ2n) is 7.18. The number of carbonyl (C=O) groups excluding carboxylic acids is 1. The summed E-state index contributed by atoms with van der Waals surface area (Å²) in [5.74, 6) is 0.779. The summed E-state index contributed by atoms with van der Waals surface area (Å²) in [7, 11) is 0. The molecular weight excluding hydrogens is 402 g/mol. The fourth-order valence-corrected chi connectivity index (χ4v) is 4.03. The molecule has 2 heterocycles. The van der Waals surface area contributed by atoms with Crippen molar-refractivity contribution in [3.8, 4) is 11.4 Å². The number of hydrogen-bond acceptors (Lipinski definition) is 5. The minimum Gasteiger partial charge on any atom is -0.494 e. The third kappa shape index (κ3) is 4.63. The second kappa shape index (κ2) is 9.28. The molecule has 0 spiro atoms. The summed E-state index contributed by atoms with van der Waals surface area (Å²) in [5, 5.41) is 7.68. The van der Waals surface area contributed by atoms with Crippen LogP contribution in [0.15, 0.2) is 55.1 Å². The molecule has 7 nitrogen and oxygen atoms in total. The van der Waals surface area contributed by atoms with E-state index in [9.17, 15) is 4.79 Å². The van der Waals surface area contributed by atoms with Crippen molar-refractivity contribution in [1.29, 1.82) is 0 Å². The van der Waals surface area contributed by atoms with Gasteiger partial charge in [-0.15, -0.1) is 0 Å². The first-order valence-electron chi connectivity index (χ1n) is 10.0. The quantitative estimate of drug-likeness (QED) is 0.617. The second-order valence-corrected chi connectivity index (χ2v) is 7.62. The normalized spacial score (nSPS) is 16.5. The predicted molar refractivity (Wildman–Crippen MR) is 116 cm³/mol. The van der Waals surface area contributed by atoms with E-state index in [1.54, 1.807) is 23.1 Å². The summed E-state index contributed by atoms with van der Waals surface area (Å²) in [5.41, 5.74) is 2.53. The van der Waals surface area contributed by atoms with E-state index in [1.807, 2.05) is 25.1 Å². The van der Waals surface area contributed by atoms with Crippen molar-refractivity contribution in [3.05, 3.63) is 65.7 Å². The SMILES string of the molecule is CCOc1ccc(C2CCCN2CC(=O)Nc2cc(Cl)ccc2-n2cncn2)cc1. The highest BCUT2D eigenvalue weighted by atomic mass is 35.5. The summed E-state index contributed by atoms with van der Waals surface area (Å²) < 4.78 is 7.13. The molecule has 8 heteroatoms. The van der Waals surface area contributed by atoms with E-state index in [1.165, 1.54) is 11.9 Å².